The van der Waals surface area contributed by atoms with Gasteiger partial charge in [-0.05, 0) is 57.4 Å². The lowest BCUT2D eigenvalue weighted by Crippen LogP contribution is -2.20. The number of hydrogen-bond donors (Lipinski definition) is 1. The van der Waals surface area contributed by atoms with Gasteiger partial charge in [0.15, 0.2) is 0 Å². The predicted octanol–water partition coefficient (Wildman–Crippen LogP) is 4.29. The fourth-order valence-electron chi connectivity index (χ4n) is 2.27. The predicted molar refractivity (Wildman–Crippen MR) is 107 cm³/mol. The number of halogens is 3. The summed E-state index contributed by atoms with van der Waals surface area (Å²) in [6.07, 6.45) is 1.12. The van der Waals surface area contributed by atoms with Gasteiger partial charge < -0.3 is 15.0 Å². The summed E-state index contributed by atoms with van der Waals surface area (Å²) in [7, 11) is 4.16. The second kappa shape index (κ2) is 13.0. The summed E-state index contributed by atoms with van der Waals surface area (Å²) in [5.74, 6) is 0.534. The molecular weight excluding hydrogens is 362 g/mol. The average Bonchev–Trinajstić information content (AvgIpc) is 2.54. The second-order valence-corrected chi connectivity index (χ2v) is 5.86. The van der Waals surface area contributed by atoms with Gasteiger partial charge in [-0.3, -0.25) is 0 Å². The van der Waals surface area contributed by atoms with E-state index in [4.69, 9.17) is 4.74 Å². The summed E-state index contributed by atoms with van der Waals surface area (Å²) < 4.78 is 19.3. The molecule has 0 heterocycles. The summed E-state index contributed by atoms with van der Waals surface area (Å²) in [6.45, 7) is 3.12. The molecule has 0 atom stereocenters. The first kappa shape index (κ1) is 23.7. The highest BCUT2D eigenvalue weighted by molar-refractivity contribution is 5.85. The Morgan fingerprint density at radius 3 is 2.52 bits per heavy atom. The van der Waals surface area contributed by atoms with Crippen LogP contribution in [0.25, 0.3) is 0 Å². The highest BCUT2D eigenvalue weighted by atomic mass is 35.5. The Balaban J connectivity index is 0.00000288. The zero-order chi connectivity index (χ0) is 16.5. The molecule has 0 spiro atoms. The maximum Gasteiger partial charge on any atom is 0.129 e. The Bertz CT molecular complexity index is 611. The van der Waals surface area contributed by atoms with Gasteiger partial charge in [0.2, 0.25) is 0 Å². The maximum atomic E-state index is 13.6. The Morgan fingerprint density at radius 1 is 1.04 bits per heavy atom. The third-order valence-electron chi connectivity index (χ3n) is 3.54. The summed E-state index contributed by atoms with van der Waals surface area (Å²) in [5, 5.41) is 3.42. The van der Waals surface area contributed by atoms with Crippen LogP contribution in [0.2, 0.25) is 0 Å². The van der Waals surface area contributed by atoms with Crippen LogP contribution in [0, 0.1) is 5.82 Å². The van der Waals surface area contributed by atoms with E-state index in [-0.39, 0.29) is 37.2 Å². The van der Waals surface area contributed by atoms with Crippen molar-refractivity contribution < 1.29 is 9.13 Å². The van der Waals surface area contributed by atoms with Crippen LogP contribution in [-0.4, -0.2) is 32.1 Å². The van der Waals surface area contributed by atoms with Crippen molar-refractivity contribution in [2.45, 2.75) is 19.6 Å². The minimum Gasteiger partial charge on any atom is -0.489 e. The fraction of sp³-hybridized carbons (Fsp3) is 0.368. The Kier molecular flexibility index (Phi) is 12.3. The summed E-state index contributed by atoms with van der Waals surface area (Å²) >= 11 is 0. The normalized spacial score (nSPS) is 10.1. The first-order valence-electron chi connectivity index (χ1n) is 7.96. The Morgan fingerprint density at radius 2 is 1.80 bits per heavy atom. The molecular formula is C19H27Cl2FN2O. The van der Waals surface area contributed by atoms with Crippen molar-refractivity contribution in [3.05, 3.63) is 65.5 Å². The Hall–Kier alpha value is -1.33. The molecule has 0 saturated carbocycles. The zero-order valence-electron chi connectivity index (χ0n) is 14.7. The van der Waals surface area contributed by atoms with Crippen LogP contribution in [0.1, 0.15) is 17.5 Å². The smallest absolute Gasteiger partial charge is 0.129 e. The lowest BCUT2D eigenvalue weighted by atomic mass is 10.2. The lowest BCUT2D eigenvalue weighted by Gasteiger charge is -2.11. The number of benzene rings is 2. The number of rotatable bonds is 9. The van der Waals surface area contributed by atoms with E-state index in [1.54, 1.807) is 12.1 Å². The molecule has 2 aromatic carbocycles. The molecule has 0 fully saturated rings. The quantitative estimate of drug-likeness (QED) is 0.648. The van der Waals surface area contributed by atoms with Crippen molar-refractivity contribution in [3.63, 3.8) is 0 Å². The van der Waals surface area contributed by atoms with Gasteiger partial charge in [-0.2, -0.15) is 0 Å². The van der Waals surface area contributed by atoms with E-state index in [9.17, 15) is 4.39 Å². The van der Waals surface area contributed by atoms with Gasteiger partial charge in [-0.25, -0.2) is 4.39 Å². The van der Waals surface area contributed by atoms with Crippen LogP contribution in [0.5, 0.6) is 5.75 Å². The van der Waals surface area contributed by atoms with Crippen molar-refractivity contribution in [2.24, 2.45) is 0 Å². The van der Waals surface area contributed by atoms with Gasteiger partial charge in [0, 0.05) is 12.1 Å². The van der Waals surface area contributed by atoms with Crippen LogP contribution >= 0.6 is 24.8 Å². The van der Waals surface area contributed by atoms with E-state index in [1.165, 1.54) is 11.6 Å². The second-order valence-electron chi connectivity index (χ2n) is 5.86. The molecule has 0 aliphatic heterocycles. The minimum absolute atomic E-state index is 0. The van der Waals surface area contributed by atoms with E-state index >= 15 is 0 Å². The van der Waals surface area contributed by atoms with Gasteiger partial charge in [-0.15, -0.1) is 24.8 Å². The highest BCUT2D eigenvalue weighted by Crippen LogP contribution is 2.16. The topological polar surface area (TPSA) is 24.5 Å². The standard InChI is InChI=1S/C19H25FN2O.2ClH/c1-22(2)12-6-11-21-14-16-7-5-9-18(13-16)23-15-17-8-3-4-10-19(17)20;;/h3-5,7-10,13,21H,6,11-12,14-15H2,1-2H3;2*1H. The third-order valence-corrected chi connectivity index (χ3v) is 3.54. The van der Waals surface area contributed by atoms with E-state index in [1.807, 2.05) is 24.3 Å². The van der Waals surface area contributed by atoms with E-state index in [0.29, 0.717) is 5.56 Å². The molecule has 140 valence electrons. The van der Waals surface area contributed by atoms with Crippen LogP contribution in [0.15, 0.2) is 48.5 Å². The third kappa shape index (κ3) is 9.07. The molecule has 0 amide bonds. The molecule has 0 radical (unpaired) electrons. The largest absolute Gasteiger partial charge is 0.489 e. The van der Waals surface area contributed by atoms with Crippen LogP contribution in [-0.2, 0) is 13.2 Å². The van der Waals surface area contributed by atoms with Crippen LogP contribution in [0.3, 0.4) is 0 Å². The number of ether oxygens (including phenoxy) is 1. The van der Waals surface area contributed by atoms with Crippen molar-refractivity contribution in [1.29, 1.82) is 0 Å². The molecule has 0 aliphatic carbocycles. The number of nitrogens with zero attached hydrogens (tertiary/aromatic N) is 1. The zero-order valence-corrected chi connectivity index (χ0v) is 16.3. The molecule has 1 N–H and O–H groups in total. The van der Waals surface area contributed by atoms with Gasteiger partial charge in [-0.1, -0.05) is 30.3 Å². The molecule has 0 aliphatic rings. The number of nitrogens with one attached hydrogen (secondary N) is 1. The van der Waals surface area contributed by atoms with Crippen molar-refractivity contribution in [2.75, 3.05) is 27.2 Å². The average molecular weight is 389 g/mol. The molecule has 0 unspecified atom stereocenters. The van der Waals surface area contributed by atoms with E-state index in [2.05, 4.69) is 30.4 Å². The monoisotopic (exact) mass is 388 g/mol. The van der Waals surface area contributed by atoms with Crippen LogP contribution < -0.4 is 10.1 Å². The highest BCUT2D eigenvalue weighted by Gasteiger charge is 2.02. The molecule has 6 heteroatoms. The van der Waals surface area contributed by atoms with Gasteiger partial charge in [0.05, 0.1) is 0 Å². The SMILES string of the molecule is CN(C)CCCNCc1cccc(OCc2ccccc2F)c1.Cl.Cl. The van der Waals surface area contributed by atoms with Crippen molar-refractivity contribution in [1.82, 2.24) is 10.2 Å². The van der Waals surface area contributed by atoms with Crippen molar-refractivity contribution in [3.8, 4) is 5.75 Å². The first-order chi connectivity index (χ1) is 11.1. The summed E-state index contributed by atoms with van der Waals surface area (Å²) in [6, 6.07) is 14.6. The summed E-state index contributed by atoms with van der Waals surface area (Å²) in [5.41, 5.74) is 1.74. The van der Waals surface area contributed by atoms with Gasteiger partial charge in [0.25, 0.3) is 0 Å². The molecule has 0 bridgehead atoms. The molecule has 0 aromatic heterocycles. The van der Waals surface area contributed by atoms with Crippen LogP contribution in [0.4, 0.5) is 4.39 Å². The fourth-order valence-corrected chi connectivity index (χ4v) is 2.27. The molecule has 2 rings (SSSR count). The number of hydrogen-bond acceptors (Lipinski definition) is 3. The molecule has 3 nitrogen and oxygen atoms in total. The minimum atomic E-state index is -0.230. The van der Waals surface area contributed by atoms with Crippen molar-refractivity contribution >= 4 is 24.8 Å². The molecule has 25 heavy (non-hydrogen) atoms. The molecule has 2 aromatic rings. The van der Waals surface area contributed by atoms with E-state index in [0.717, 1.165) is 31.8 Å². The molecule has 0 saturated heterocycles. The lowest BCUT2D eigenvalue weighted by molar-refractivity contribution is 0.299. The summed E-state index contributed by atoms with van der Waals surface area (Å²) in [4.78, 5) is 2.18. The van der Waals surface area contributed by atoms with Gasteiger partial charge >= 0.3 is 0 Å². The van der Waals surface area contributed by atoms with Gasteiger partial charge in [0.1, 0.15) is 18.2 Å². The Labute approximate surface area is 162 Å². The maximum absolute atomic E-state index is 13.6. The first-order valence-corrected chi connectivity index (χ1v) is 7.96. The van der Waals surface area contributed by atoms with E-state index < -0.39 is 0 Å².